The van der Waals surface area contributed by atoms with Crippen molar-refractivity contribution in [2.24, 2.45) is 0 Å². The van der Waals surface area contributed by atoms with Crippen molar-refractivity contribution >= 4 is 19.5 Å². The molecular weight excluding hydrogens is 303 g/mol. The number of hydrogen-bond donors (Lipinski definition) is 1. The van der Waals surface area contributed by atoms with E-state index >= 15 is 0 Å². The molecule has 0 fully saturated rings. The maximum atomic E-state index is 12.4. The van der Waals surface area contributed by atoms with Crippen LogP contribution in [-0.2, 0) is 18.4 Å². The quantitative estimate of drug-likeness (QED) is 0.635. The molecule has 0 spiro atoms. The van der Waals surface area contributed by atoms with Gasteiger partial charge in [0.1, 0.15) is 10.9 Å². The van der Waals surface area contributed by atoms with Crippen LogP contribution in [0.2, 0.25) is 0 Å². The molecule has 122 valence electrons. The zero-order valence-electron chi connectivity index (χ0n) is 13.8. The first-order valence-electron chi connectivity index (χ1n) is 6.83. The normalized spacial score (nSPS) is 12.8. The topological polar surface area (TPSA) is 72.8 Å². The van der Waals surface area contributed by atoms with Crippen molar-refractivity contribution in [3.63, 3.8) is 0 Å². The van der Waals surface area contributed by atoms with E-state index in [2.05, 4.69) is 0 Å². The van der Waals surface area contributed by atoms with Crippen molar-refractivity contribution in [1.82, 2.24) is 0 Å². The SMILES string of the molecule is COP(=O)(OC)C(C)(C)C(=O)/C=C/c1cc(C)c(O)c(C)c1. The predicted octanol–water partition coefficient (Wildman–Crippen LogP) is 3.86. The fourth-order valence-corrected chi connectivity index (χ4v) is 3.53. The molecule has 0 radical (unpaired) electrons. The van der Waals surface area contributed by atoms with E-state index in [-0.39, 0.29) is 11.5 Å². The van der Waals surface area contributed by atoms with Crippen LogP contribution in [0.4, 0.5) is 0 Å². The molecule has 6 heteroatoms. The fraction of sp³-hybridized carbons (Fsp3) is 0.438. The highest BCUT2D eigenvalue weighted by Gasteiger charge is 2.46. The summed E-state index contributed by atoms with van der Waals surface area (Å²) in [6, 6.07) is 3.54. The smallest absolute Gasteiger partial charge is 0.343 e. The summed E-state index contributed by atoms with van der Waals surface area (Å²) >= 11 is 0. The van der Waals surface area contributed by atoms with Gasteiger partial charge in [-0.15, -0.1) is 0 Å². The van der Waals surface area contributed by atoms with Crippen LogP contribution in [0.15, 0.2) is 18.2 Å². The highest BCUT2D eigenvalue weighted by Crippen LogP contribution is 2.59. The lowest BCUT2D eigenvalue weighted by molar-refractivity contribution is -0.116. The van der Waals surface area contributed by atoms with Crippen LogP contribution in [-0.4, -0.2) is 30.3 Å². The van der Waals surface area contributed by atoms with Gasteiger partial charge in [-0.25, -0.2) is 0 Å². The lowest BCUT2D eigenvalue weighted by atomic mass is 10.0. The molecule has 0 atom stereocenters. The molecule has 1 N–H and O–H groups in total. The molecule has 1 aromatic rings. The molecule has 0 amide bonds. The van der Waals surface area contributed by atoms with E-state index < -0.39 is 12.8 Å². The first kappa shape index (κ1) is 18.6. The van der Waals surface area contributed by atoms with Gasteiger partial charge in [-0.3, -0.25) is 9.36 Å². The Labute approximate surface area is 131 Å². The monoisotopic (exact) mass is 326 g/mol. The molecular formula is C16H23O5P. The number of aryl methyl sites for hydroxylation is 2. The number of rotatable bonds is 6. The minimum atomic E-state index is -3.53. The van der Waals surface area contributed by atoms with Gasteiger partial charge < -0.3 is 14.2 Å². The van der Waals surface area contributed by atoms with Gasteiger partial charge in [-0.1, -0.05) is 6.08 Å². The van der Waals surface area contributed by atoms with Crippen molar-refractivity contribution in [3.05, 3.63) is 34.9 Å². The number of allylic oxidation sites excluding steroid dienone is 1. The van der Waals surface area contributed by atoms with Gasteiger partial charge in [0.25, 0.3) is 0 Å². The predicted molar refractivity (Wildman–Crippen MR) is 87.3 cm³/mol. The van der Waals surface area contributed by atoms with Crippen molar-refractivity contribution in [2.45, 2.75) is 32.9 Å². The summed E-state index contributed by atoms with van der Waals surface area (Å²) in [6.45, 7) is 6.63. The number of aromatic hydroxyl groups is 1. The maximum Gasteiger partial charge on any atom is 0.343 e. The minimum absolute atomic E-state index is 0.243. The molecule has 0 aliphatic heterocycles. The lowest BCUT2D eigenvalue weighted by Crippen LogP contribution is -2.31. The van der Waals surface area contributed by atoms with Gasteiger partial charge in [0.15, 0.2) is 5.78 Å². The molecule has 0 unspecified atom stereocenters. The second kappa shape index (κ2) is 6.78. The average molecular weight is 326 g/mol. The Morgan fingerprint density at radius 1 is 1.18 bits per heavy atom. The van der Waals surface area contributed by atoms with E-state index in [1.807, 2.05) is 0 Å². The molecule has 0 aromatic heterocycles. The van der Waals surface area contributed by atoms with E-state index in [1.54, 1.807) is 32.1 Å². The number of phenolic OH excluding ortho intramolecular Hbond substituents is 1. The summed E-state index contributed by atoms with van der Waals surface area (Å²) in [5.41, 5.74) is 2.23. The third-order valence-corrected chi connectivity index (χ3v) is 6.26. The molecule has 0 saturated heterocycles. The second-order valence-corrected chi connectivity index (χ2v) is 8.47. The van der Waals surface area contributed by atoms with Gasteiger partial charge in [0.05, 0.1) is 0 Å². The van der Waals surface area contributed by atoms with Crippen LogP contribution in [0.3, 0.4) is 0 Å². The molecule has 1 aromatic carbocycles. The molecule has 0 saturated carbocycles. The van der Waals surface area contributed by atoms with Gasteiger partial charge in [-0.05, 0) is 62.6 Å². The molecule has 0 heterocycles. The van der Waals surface area contributed by atoms with Crippen LogP contribution in [0.1, 0.15) is 30.5 Å². The molecule has 0 bridgehead atoms. The zero-order valence-corrected chi connectivity index (χ0v) is 14.7. The van der Waals surface area contributed by atoms with E-state index in [9.17, 15) is 14.5 Å². The number of carbonyl (C=O) groups excluding carboxylic acids is 1. The molecule has 1 rings (SSSR count). The van der Waals surface area contributed by atoms with Crippen LogP contribution in [0, 0.1) is 13.8 Å². The second-order valence-electron chi connectivity index (χ2n) is 5.62. The molecule has 22 heavy (non-hydrogen) atoms. The maximum absolute atomic E-state index is 12.4. The Balaban J connectivity index is 3.09. The Morgan fingerprint density at radius 3 is 2.05 bits per heavy atom. The number of carbonyl (C=O) groups is 1. The van der Waals surface area contributed by atoms with Crippen molar-refractivity contribution in [2.75, 3.05) is 14.2 Å². The third-order valence-electron chi connectivity index (χ3n) is 3.71. The van der Waals surface area contributed by atoms with Crippen LogP contribution in [0.25, 0.3) is 6.08 Å². The number of ketones is 1. The summed E-state index contributed by atoms with van der Waals surface area (Å²) in [6.07, 6.45) is 2.98. The van der Waals surface area contributed by atoms with E-state index in [1.165, 1.54) is 34.1 Å². The van der Waals surface area contributed by atoms with Crippen LogP contribution in [0.5, 0.6) is 5.75 Å². The van der Waals surface area contributed by atoms with Gasteiger partial charge in [0.2, 0.25) is 0 Å². The van der Waals surface area contributed by atoms with Crippen LogP contribution >= 0.6 is 7.60 Å². The van der Waals surface area contributed by atoms with Gasteiger partial charge >= 0.3 is 7.60 Å². The summed E-state index contributed by atoms with van der Waals surface area (Å²) in [7, 11) is -1.01. The Morgan fingerprint density at radius 2 is 1.64 bits per heavy atom. The Kier molecular flexibility index (Phi) is 5.74. The summed E-state index contributed by atoms with van der Waals surface area (Å²) < 4.78 is 22.3. The molecule has 0 aliphatic carbocycles. The summed E-state index contributed by atoms with van der Waals surface area (Å²) in [5.74, 6) is -0.116. The highest BCUT2D eigenvalue weighted by atomic mass is 31.2. The zero-order chi connectivity index (χ0) is 17.1. The van der Waals surface area contributed by atoms with Crippen LogP contribution < -0.4 is 0 Å². The summed E-state index contributed by atoms with van der Waals surface area (Å²) in [5, 5.41) is 8.46. The van der Waals surface area contributed by atoms with E-state index in [4.69, 9.17) is 9.05 Å². The first-order valence-corrected chi connectivity index (χ1v) is 8.37. The first-order chi connectivity index (χ1) is 10.1. The Hall–Kier alpha value is -1.42. The number of benzene rings is 1. The van der Waals surface area contributed by atoms with E-state index in [0.717, 1.165) is 16.7 Å². The molecule has 5 nitrogen and oxygen atoms in total. The minimum Gasteiger partial charge on any atom is -0.507 e. The van der Waals surface area contributed by atoms with Gasteiger partial charge in [-0.2, -0.15) is 0 Å². The Bertz CT molecular complexity index is 615. The standard InChI is InChI=1S/C16H23O5P/c1-11-9-13(10-12(2)15(11)18)7-8-14(17)16(3,4)22(19,20-5)21-6/h7-10,18H,1-6H3/b8-7+. The average Bonchev–Trinajstić information content (AvgIpc) is 2.48. The molecule has 0 aliphatic rings. The van der Waals surface area contributed by atoms with Crippen molar-refractivity contribution in [3.8, 4) is 5.75 Å². The number of phenols is 1. The van der Waals surface area contributed by atoms with E-state index in [0.29, 0.717) is 0 Å². The fourth-order valence-electron chi connectivity index (χ4n) is 2.13. The van der Waals surface area contributed by atoms with Gasteiger partial charge in [0, 0.05) is 14.2 Å². The lowest BCUT2D eigenvalue weighted by Gasteiger charge is -2.28. The largest absolute Gasteiger partial charge is 0.507 e. The third kappa shape index (κ3) is 3.49. The van der Waals surface area contributed by atoms with Crippen molar-refractivity contribution < 1.29 is 23.5 Å². The number of hydrogen-bond acceptors (Lipinski definition) is 5. The van der Waals surface area contributed by atoms with Crippen molar-refractivity contribution in [1.29, 1.82) is 0 Å². The highest BCUT2D eigenvalue weighted by molar-refractivity contribution is 7.56. The summed E-state index contributed by atoms with van der Waals surface area (Å²) in [4.78, 5) is 12.4.